The predicted octanol–water partition coefficient (Wildman–Crippen LogP) is 3.43. The summed E-state index contributed by atoms with van der Waals surface area (Å²) < 4.78 is 13.0. The van der Waals surface area contributed by atoms with E-state index in [-0.39, 0.29) is 24.2 Å². The van der Waals surface area contributed by atoms with E-state index in [4.69, 9.17) is 11.6 Å². The van der Waals surface area contributed by atoms with Gasteiger partial charge in [0.1, 0.15) is 11.9 Å². The molecule has 0 saturated carbocycles. The number of nitrogens with zero attached hydrogens (tertiary/aromatic N) is 3. The van der Waals surface area contributed by atoms with Crippen LogP contribution in [0.4, 0.5) is 4.39 Å². The summed E-state index contributed by atoms with van der Waals surface area (Å²) in [5.41, 5.74) is 1.71. The van der Waals surface area contributed by atoms with Crippen LogP contribution in [0.3, 0.4) is 0 Å². The number of hydrogen-bond donors (Lipinski definition) is 0. The van der Waals surface area contributed by atoms with Crippen molar-refractivity contribution in [2.75, 3.05) is 26.2 Å². The first-order valence-electron chi connectivity index (χ1n) is 8.48. The van der Waals surface area contributed by atoms with Crippen molar-refractivity contribution in [1.29, 1.82) is 5.26 Å². The number of carbonyl (C=O) groups is 1. The first kappa shape index (κ1) is 18.4. The van der Waals surface area contributed by atoms with Gasteiger partial charge in [-0.15, -0.1) is 0 Å². The van der Waals surface area contributed by atoms with Crippen LogP contribution >= 0.6 is 11.6 Å². The van der Waals surface area contributed by atoms with E-state index >= 15 is 0 Å². The highest BCUT2D eigenvalue weighted by atomic mass is 35.5. The largest absolute Gasteiger partial charge is 0.340 e. The first-order chi connectivity index (χ1) is 12.6. The maximum atomic E-state index is 13.0. The Kier molecular flexibility index (Phi) is 5.87. The summed E-state index contributed by atoms with van der Waals surface area (Å²) in [6, 6.07) is 15.3. The molecular formula is C20H19ClFN3O. The Hall–Kier alpha value is -2.42. The van der Waals surface area contributed by atoms with E-state index in [1.54, 1.807) is 29.2 Å². The molecule has 134 valence electrons. The third kappa shape index (κ3) is 4.40. The molecule has 1 unspecified atom stereocenters. The molecule has 0 spiro atoms. The van der Waals surface area contributed by atoms with Gasteiger partial charge in [0.25, 0.3) is 0 Å². The molecule has 1 amide bonds. The maximum Gasteiger partial charge on any atom is 0.227 e. The minimum Gasteiger partial charge on any atom is -0.340 e. The SMILES string of the molecule is N#CC(c1ccc(Cl)cc1)N1CCN(C(=O)Cc2ccc(F)cc2)CC1. The Bertz CT molecular complexity index is 793. The number of nitriles is 1. The smallest absolute Gasteiger partial charge is 0.227 e. The summed E-state index contributed by atoms with van der Waals surface area (Å²) in [7, 11) is 0. The van der Waals surface area contributed by atoms with E-state index in [0.717, 1.165) is 11.1 Å². The maximum absolute atomic E-state index is 13.0. The van der Waals surface area contributed by atoms with Crippen LogP contribution in [0.2, 0.25) is 5.02 Å². The van der Waals surface area contributed by atoms with Gasteiger partial charge in [0.05, 0.1) is 12.5 Å². The quantitative estimate of drug-likeness (QED) is 0.827. The second-order valence-electron chi connectivity index (χ2n) is 6.30. The lowest BCUT2D eigenvalue weighted by molar-refractivity contribution is -0.132. The van der Waals surface area contributed by atoms with Gasteiger partial charge in [-0.1, -0.05) is 35.9 Å². The van der Waals surface area contributed by atoms with Crippen molar-refractivity contribution in [2.45, 2.75) is 12.5 Å². The van der Waals surface area contributed by atoms with Crippen molar-refractivity contribution in [2.24, 2.45) is 0 Å². The minimum absolute atomic E-state index is 0.0243. The van der Waals surface area contributed by atoms with Crippen LogP contribution in [0.5, 0.6) is 0 Å². The average molecular weight is 372 g/mol. The lowest BCUT2D eigenvalue weighted by Gasteiger charge is -2.37. The number of piperazine rings is 1. The van der Waals surface area contributed by atoms with E-state index < -0.39 is 0 Å². The second-order valence-corrected chi connectivity index (χ2v) is 6.74. The van der Waals surface area contributed by atoms with Gasteiger partial charge >= 0.3 is 0 Å². The van der Waals surface area contributed by atoms with Gasteiger partial charge < -0.3 is 4.90 Å². The zero-order chi connectivity index (χ0) is 18.5. The fraction of sp³-hybridized carbons (Fsp3) is 0.300. The normalized spacial score (nSPS) is 16.1. The Morgan fingerprint density at radius 1 is 1.08 bits per heavy atom. The topological polar surface area (TPSA) is 47.3 Å². The van der Waals surface area contributed by atoms with Gasteiger partial charge in [0, 0.05) is 31.2 Å². The third-order valence-corrected chi connectivity index (χ3v) is 4.86. The van der Waals surface area contributed by atoms with Crippen LogP contribution in [0.15, 0.2) is 48.5 Å². The van der Waals surface area contributed by atoms with Crippen molar-refractivity contribution >= 4 is 17.5 Å². The number of benzene rings is 2. The molecule has 1 saturated heterocycles. The molecule has 0 bridgehead atoms. The van der Waals surface area contributed by atoms with Crippen LogP contribution in [0, 0.1) is 17.1 Å². The molecule has 1 atom stereocenters. The Balaban J connectivity index is 1.57. The molecule has 1 fully saturated rings. The summed E-state index contributed by atoms with van der Waals surface area (Å²) in [5, 5.41) is 10.2. The molecule has 0 N–H and O–H groups in total. The van der Waals surface area contributed by atoms with E-state index in [0.29, 0.717) is 31.2 Å². The number of carbonyl (C=O) groups excluding carboxylic acids is 1. The summed E-state index contributed by atoms with van der Waals surface area (Å²) in [6.45, 7) is 2.42. The highest BCUT2D eigenvalue weighted by Crippen LogP contribution is 2.23. The van der Waals surface area contributed by atoms with Gasteiger partial charge in [-0.3, -0.25) is 9.69 Å². The predicted molar refractivity (Wildman–Crippen MR) is 98.1 cm³/mol. The third-order valence-electron chi connectivity index (χ3n) is 4.61. The Morgan fingerprint density at radius 3 is 2.27 bits per heavy atom. The molecule has 2 aromatic carbocycles. The fourth-order valence-electron chi connectivity index (χ4n) is 3.13. The average Bonchev–Trinajstić information content (AvgIpc) is 2.66. The van der Waals surface area contributed by atoms with Crippen molar-refractivity contribution in [3.63, 3.8) is 0 Å². The van der Waals surface area contributed by atoms with E-state index in [1.807, 2.05) is 12.1 Å². The van der Waals surface area contributed by atoms with Crippen LogP contribution in [-0.4, -0.2) is 41.9 Å². The molecule has 1 aliphatic rings. The lowest BCUT2D eigenvalue weighted by atomic mass is 10.1. The zero-order valence-electron chi connectivity index (χ0n) is 14.2. The monoisotopic (exact) mass is 371 g/mol. The van der Waals surface area contributed by atoms with Crippen LogP contribution in [0.1, 0.15) is 17.2 Å². The molecule has 26 heavy (non-hydrogen) atoms. The molecule has 2 aromatic rings. The molecule has 6 heteroatoms. The van der Waals surface area contributed by atoms with Gasteiger partial charge in [-0.25, -0.2) is 4.39 Å². The van der Waals surface area contributed by atoms with Crippen molar-refractivity contribution in [1.82, 2.24) is 9.80 Å². The Labute approximate surface area is 157 Å². The molecule has 0 aliphatic carbocycles. The van der Waals surface area contributed by atoms with Crippen LogP contribution < -0.4 is 0 Å². The summed E-state index contributed by atoms with van der Waals surface area (Å²) >= 11 is 5.91. The van der Waals surface area contributed by atoms with E-state index in [2.05, 4.69) is 11.0 Å². The second kappa shape index (κ2) is 8.31. The molecular weight excluding hydrogens is 353 g/mol. The van der Waals surface area contributed by atoms with Crippen molar-refractivity contribution in [3.05, 3.63) is 70.5 Å². The van der Waals surface area contributed by atoms with E-state index in [1.165, 1.54) is 12.1 Å². The molecule has 1 aliphatic heterocycles. The Morgan fingerprint density at radius 2 is 1.69 bits per heavy atom. The summed E-state index contributed by atoms with van der Waals surface area (Å²) in [4.78, 5) is 16.3. The van der Waals surface area contributed by atoms with Crippen LogP contribution in [-0.2, 0) is 11.2 Å². The number of amides is 1. The van der Waals surface area contributed by atoms with Crippen molar-refractivity contribution in [3.8, 4) is 6.07 Å². The highest BCUT2D eigenvalue weighted by molar-refractivity contribution is 6.30. The first-order valence-corrected chi connectivity index (χ1v) is 8.86. The summed E-state index contributed by atoms with van der Waals surface area (Å²) in [6.07, 6.45) is 0.263. The van der Waals surface area contributed by atoms with Gasteiger partial charge in [-0.2, -0.15) is 5.26 Å². The van der Waals surface area contributed by atoms with Crippen molar-refractivity contribution < 1.29 is 9.18 Å². The van der Waals surface area contributed by atoms with Gasteiger partial charge in [-0.05, 0) is 35.4 Å². The minimum atomic E-state index is -0.346. The summed E-state index contributed by atoms with van der Waals surface area (Å²) in [5.74, 6) is -0.282. The van der Waals surface area contributed by atoms with Gasteiger partial charge in [0.15, 0.2) is 0 Å². The molecule has 0 radical (unpaired) electrons. The zero-order valence-corrected chi connectivity index (χ0v) is 15.0. The molecule has 1 heterocycles. The number of hydrogen-bond acceptors (Lipinski definition) is 3. The van der Waals surface area contributed by atoms with Crippen LogP contribution in [0.25, 0.3) is 0 Å². The molecule has 4 nitrogen and oxygen atoms in total. The lowest BCUT2D eigenvalue weighted by Crippen LogP contribution is -2.49. The number of halogens is 2. The fourth-order valence-corrected chi connectivity index (χ4v) is 3.26. The molecule has 0 aromatic heterocycles. The number of rotatable bonds is 4. The van der Waals surface area contributed by atoms with E-state index in [9.17, 15) is 14.4 Å². The van der Waals surface area contributed by atoms with Gasteiger partial charge in [0.2, 0.25) is 5.91 Å². The highest BCUT2D eigenvalue weighted by Gasteiger charge is 2.27. The standard InChI is InChI=1S/C20H19ClFN3O/c21-17-5-3-16(4-6-17)19(14-23)24-9-11-25(12-10-24)20(26)13-15-1-7-18(22)8-2-15/h1-8,19H,9-13H2. The molecule has 3 rings (SSSR count).